The number of nitrogens with zero attached hydrogens (tertiary/aromatic N) is 2. The van der Waals surface area contributed by atoms with Crippen molar-refractivity contribution in [3.8, 4) is 0 Å². The van der Waals surface area contributed by atoms with Crippen LogP contribution in [-0.2, 0) is 16.0 Å². The van der Waals surface area contributed by atoms with Gasteiger partial charge in [-0.15, -0.1) is 0 Å². The van der Waals surface area contributed by atoms with Gasteiger partial charge in [-0.1, -0.05) is 25.1 Å². The monoisotopic (exact) mass is 335 g/mol. The number of carbonyl (C=O) groups is 2. The highest BCUT2D eigenvalue weighted by Gasteiger charge is 2.12. The number of amides is 1. The van der Waals surface area contributed by atoms with E-state index in [1.807, 2.05) is 31.2 Å². The Morgan fingerprint density at radius 1 is 1.04 bits per heavy atom. The second kappa shape index (κ2) is 7.53. The fourth-order valence-corrected chi connectivity index (χ4v) is 2.44. The number of fused-ring (bicyclic) bond motifs is 1. The van der Waals surface area contributed by atoms with Crippen molar-refractivity contribution in [1.82, 2.24) is 9.97 Å². The van der Waals surface area contributed by atoms with E-state index < -0.39 is 5.97 Å². The average molecular weight is 335 g/mol. The van der Waals surface area contributed by atoms with Gasteiger partial charge in [-0.2, -0.15) is 0 Å². The highest BCUT2D eigenvalue weighted by molar-refractivity contribution is 5.97. The third kappa shape index (κ3) is 3.98. The van der Waals surface area contributed by atoms with Gasteiger partial charge in [-0.25, -0.2) is 4.79 Å². The highest BCUT2D eigenvalue weighted by Crippen LogP contribution is 2.15. The van der Waals surface area contributed by atoms with Crippen LogP contribution in [0.5, 0.6) is 0 Å². The van der Waals surface area contributed by atoms with Crippen LogP contribution in [0.25, 0.3) is 11.0 Å². The normalized spacial score (nSPS) is 10.4. The number of carbonyl (C=O) groups excluding carboxylic acids is 2. The lowest BCUT2D eigenvalue weighted by molar-refractivity contribution is -0.119. The molecule has 0 saturated carbocycles. The van der Waals surface area contributed by atoms with Crippen LogP contribution in [0.2, 0.25) is 0 Å². The summed E-state index contributed by atoms with van der Waals surface area (Å²) in [5, 5.41) is 2.76. The Labute approximate surface area is 144 Å². The smallest absolute Gasteiger partial charge is 0.338 e. The number of esters is 1. The van der Waals surface area contributed by atoms with Crippen molar-refractivity contribution in [2.75, 3.05) is 11.9 Å². The number of anilines is 1. The van der Waals surface area contributed by atoms with Crippen molar-refractivity contribution < 1.29 is 14.3 Å². The van der Waals surface area contributed by atoms with Crippen LogP contribution < -0.4 is 5.32 Å². The van der Waals surface area contributed by atoms with E-state index >= 15 is 0 Å². The molecule has 3 rings (SSSR count). The molecular weight excluding hydrogens is 318 g/mol. The Kier molecular flexibility index (Phi) is 4.99. The minimum atomic E-state index is -0.577. The molecular formula is C19H17N3O3. The molecule has 0 radical (unpaired) electrons. The maximum Gasteiger partial charge on any atom is 0.338 e. The van der Waals surface area contributed by atoms with Crippen LogP contribution in [0.1, 0.15) is 22.8 Å². The van der Waals surface area contributed by atoms with Gasteiger partial charge in [0.2, 0.25) is 0 Å². The van der Waals surface area contributed by atoms with E-state index in [0.717, 1.165) is 17.7 Å². The molecule has 0 unspecified atom stereocenters. The third-order valence-corrected chi connectivity index (χ3v) is 3.71. The molecule has 1 N–H and O–H groups in total. The number of para-hydroxylation sites is 1. The second-order valence-corrected chi connectivity index (χ2v) is 5.39. The molecule has 1 heterocycles. The lowest BCUT2D eigenvalue weighted by Gasteiger charge is -2.10. The van der Waals surface area contributed by atoms with Crippen molar-refractivity contribution in [2.24, 2.45) is 0 Å². The fraction of sp³-hybridized carbons (Fsp3) is 0.158. The van der Waals surface area contributed by atoms with Crippen LogP contribution in [0.4, 0.5) is 5.69 Å². The van der Waals surface area contributed by atoms with Crippen LogP contribution in [0.15, 0.2) is 54.9 Å². The molecule has 0 atom stereocenters. The highest BCUT2D eigenvalue weighted by atomic mass is 16.5. The lowest BCUT2D eigenvalue weighted by Crippen LogP contribution is -2.21. The fourth-order valence-electron chi connectivity index (χ4n) is 2.44. The lowest BCUT2D eigenvalue weighted by atomic mass is 10.1. The minimum absolute atomic E-state index is 0.328. The van der Waals surface area contributed by atoms with Gasteiger partial charge >= 0.3 is 5.97 Å². The standard InChI is InChI=1S/C19H17N3O3/c1-2-13-5-3-4-6-15(13)22-18(23)12-25-19(24)14-7-8-16-17(11-14)21-10-9-20-16/h3-11H,2,12H2,1H3,(H,22,23). The first-order valence-corrected chi connectivity index (χ1v) is 7.93. The molecule has 0 saturated heterocycles. The molecule has 6 nitrogen and oxygen atoms in total. The topological polar surface area (TPSA) is 81.2 Å². The number of hydrogen-bond acceptors (Lipinski definition) is 5. The molecule has 0 spiro atoms. The van der Waals surface area contributed by atoms with E-state index in [-0.39, 0.29) is 12.5 Å². The van der Waals surface area contributed by atoms with Gasteiger partial charge in [0.15, 0.2) is 6.61 Å². The second-order valence-electron chi connectivity index (χ2n) is 5.39. The molecule has 25 heavy (non-hydrogen) atoms. The predicted octanol–water partition coefficient (Wildman–Crippen LogP) is 2.99. The molecule has 0 aliphatic rings. The Balaban J connectivity index is 1.62. The quantitative estimate of drug-likeness (QED) is 0.725. The number of aromatic nitrogens is 2. The number of aryl methyl sites for hydroxylation is 1. The van der Waals surface area contributed by atoms with Crippen LogP contribution in [0.3, 0.4) is 0 Å². The predicted molar refractivity (Wildman–Crippen MR) is 94.3 cm³/mol. The molecule has 0 aliphatic heterocycles. The Morgan fingerprint density at radius 2 is 1.80 bits per heavy atom. The van der Waals surface area contributed by atoms with Crippen LogP contribution >= 0.6 is 0 Å². The number of nitrogens with one attached hydrogen (secondary N) is 1. The van der Waals surface area contributed by atoms with Crippen molar-refractivity contribution in [3.05, 3.63) is 66.0 Å². The summed E-state index contributed by atoms with van der Waals surface area (Å²) in [6.07, 6.45) is 3.93. The van der Waals surface area contributed by atoms with Crippen molar-refractivity contribution >= 4 is 28.6 Å². The molecule has 126 valence electrons. The van der Waals surface area contributed by atoms with Gasteiger partial charge in [0.25, 0.3) is 5.91 Å². The average Bonchev–Trinajstić information content (AvgIpc) is 2.66. The van der Waals surface area contributed by atoms with E-state index in [1.54, 1.807) is 30.6 Å². The summed E-state index contributed by atoms with van der Waals surface area (Å²) in [6.45, 7) is 1.66. The molecule has 0 bridgehead atoms. The number of rotatable bonds is 5. The summed E-state index contributed by atoms with van der Waals surface area (Å²) in [6, 6.07) is 12.4. The summed E-state index contributed by atoms with van der Waals surface area (Å²) in [5.74, 6) is -0.957. The van der Waals surface area contributed by atoms with Gasteiger partial charge < -0.3 is 10.1 Å². The van der Waals surface area contributed by atoms with Gasteiger partial charge in [0.05, 0.1) is 16.6 Å². The van der Waals surface area contributed by atoms with Crippen molar-refractivity contribution in [3.63, 3.8) is 0 Å². The van der Waals surface area contributed by atoms with E-state index in [1.165, 1.54) is 0 Å². The summed E-state index contributed by atoms with van der Waals surface area (Å²) >= 11 is 0. The summed E-state index contributed by atoms with van der Waals surface area (Å²) in [7, 11) is 0. The Bertz CT molecular complexity index is 924. The SMILES string of the molecule is CCc1ccccc1NC(=O)COC(=O)c1ccc2nccnc2c1. The first kappa shape index (κ1) is 16.6. The molecule has 3 aromatic rings. The maximum absolute atomic E-state index is 12.1. The summed E-state index contributed by atoms with van der Waals surface area (Å²) in [5.41, 5.74) is 3.36. The molecule has 1 amide bonds. The number of benzene rings is 2. The summed E-state index contributed by atoms with van der Waals surface area (Å²) in [4.78, 5) is 32.4. The molecule has 6 heteroatoms. The maximum atomic E-state index is 12.1. The van der Waals surface area contributed by atoms with Gasteiger partial charge in [0.1, 0.15) is 0 Å². The van der Waals surface area contributed by atoms with Gasteiger partial charge in [-0.3, -0.25) is 14.8 Å². The first-order chi connectivity index (χ1) is 12.2. The van der Waals surface area contributed by atoms with Crippen molar-refractivity contribution in [2.45, 2.75) is 13.3 Å². The van der Waals surface area contributed by atoms with E-state index in [4.69, 9.17) is 4.74 Å². The number of ether oxygens (including phenoxy) is 1. The first-order valence-electron chi connectivity index (χ1n) is 7.93. The zero-order chi connectivity index (χ0) is 17.6. The molecule has 0 aliphatic carbocycles. The zero-order valence-electron chi connectivity index (χ0n) is 13.7. The summed E-state index contributed by atoms with van der Waals surface area (Å²) < 4.78 is 5.09. The molecule has 0 fully saturated rings. The van der Waals surface area contributed by atoms with Crippen molar-refractivity contribution in [1.29, 1.82) is 0 Å². The van der Waals surface area contributed by atoms with Gasteiger partial charge in [0, 0.05) is 18.1 Å². The molecule has 2 aromatic carbocycles. The molecule has 1 aromatic heterocycles. The Hall–Kier alpha value is -3.28. The van der Waals surface area contributed by atoms with Crippen LogP contribution in [0, 0.1) is 0 Å². The third-order valence-electron chi connectivity index (χ3n) is 3.71. The Morgan fingerprint density at radius 3 is 2.60 bits per heavy atom. The van der Waals surface area contributed by atoms with Gasteiger partial charge in [-0.05, 0) is 36.2 Å². The minimum Gasteiger partial charge on any atom is -0.452 e. The zero-order valence-corrected chi connectivity index (χ0v) is 13.7. The van der Waals surface area contributed by atoms with Crippen LogP contribution in [-0.4, -0.2) is 28.5 Å². The van der Waals surface area contributed by atoms with E-state index in [0.29, 0.717) is 16.6 Å². The van der Waals surface area contributed by atoms with E-state index in [9.17, 15) is 9.59 Å². The largest absolute Gasteiger partial charge is 0.452 e. The van der Waals surface area contributed by atoms with E-state index in [2.05, 4.69) is 15.3 Å². The number of hydrogen-bond donors (Lipinski definition) is 1.